The number of nitro groups is 1. The van der Waals surface area contributed by atoms with Gasteiger partial charge in [-0.1, -0.05) is 6.07 Å². The number of ether oxygens (including phenoxy) is 1. The summed E-state index contributed by atoms with van der Waals surface area (Å²) in [6.07, 6.45) is 1.67. The molecule has 0 bridgehead atoms. The molecule has 0 aliphatic carbocycles. The van der Waals surface area contributed by atoms with Gasteiger partial charge in [0.15, 0.2) is 0 Å². The first-order valence-corrected chi connectivity index (χ1v) is 10.7. The smallest absolute Gasteiger partial charge is 0.407 e. The summed E-state index contributed by atoms with van der Waals surface area (Å²) >= 11 is 1.52. The van der Waals surface area contributed by atoms with E-state index in [0.717, 1.165) is 6.07 Å². The Bertz CT molecular complexity index is 766. The van der Waals surface area contributed by atoms with Crippen molar-refractivity contribution in [2.24, 2.45) is 0 Å². The highest BCUT2D eigenvalue weighted by Crippen LogP contribution is 2.13. The van der Waals surface area contributed by atoms with E-state index in [0.29, 0.717) is 12.2 Å². The van der Waals surface area contributed by atoms with Gasteiger partial charge in [-0.3, -0.25) is 19.7 Å². The van der Waals surface area contributed by atoms with Crippen molar-refractivity contribution in [2.45, 2.75) is 38.8 Å². The first-order chi connectivity index (χ1) is 14.0. The molecule has 166 valence electrons. The highest BCUT2D eigenvalue weighted by Gasteiger charge is 2.22. The number of hydrogen-bond acceptors (Lipinski definition) is 7. The Hall–Kier alpha value is -2.82. The zero-order chi connectivity index (χ0) is 22.7. The maximum absolute atomic E-state index is 12.5. The van der Waals surface area contributed by atoms with Gasteiger partial charge < -0.3 is 20.7 Å². The lowest BCUT2D eigenvalue weighted by Crippen LogP contribution is -2.48. The van der Waals surface area contributed by atoms with E-state index in [-0.39, 0.29) is 24.3 Å². The Morgan fingerprint density at radius 1 is 1.20 bits per heavy atom. The average Bonchev–Trinajstić information content (AvgIpc) is 2.66. The van der Waals surface area contributed by atoms with Crippen LogP contribution < -0.4 is 16.0 Å². The zero-order valence-corrected chi connectivity index (χ0v) is 18.3. The molecule has 3 N–H and O–H groups in total. The fourth-order valence-electron chi connectivity index (χ4n) is 2.29. The number of carbonyl (C=O) groups is 3. The second-order valence-electron chi connectivity index (χ2n) is 7.33. The van der Waals surface area contributed by atoms with Crippen molar-refractivity contribution in [3.63, 3.8) is 0 Å². The van der Waals surface area contributed by atoms with E-state index in [4.69, 9.17) is 4.74 Å². The summed E-state index contributed by atoms with van der Waals surface area (Å²) < 4.78 is 5.10. The van der Waals surface area contributed by atoms with Crippen molar-refractivity contribution in [3.05, 3.63) is 39.9 Å². The third kappa shape index (κ3) is 9.59. The van der Waals surface area contributed by atoms with Crippen LogP contribution in [0, 0.1) is 10.1 Å². The standard InChI is InChI=1S/C19H28N4O6S/c1-19(2,3)29-18(26)21-10-9-20-17(25)15(8-11-30-4)22-16(24)13-6-5-7-14(12-13)23(27)28/h5-7,12,15H,8-11H2,1-4H3,(H,20,25)(H,21,26)(H,22,24). The molecule has 0 saturated heterocycles. The zero-order valence-electron chi connectivity index (χ0n) is 17.5. The number of thioether (sulfide) groups is 1. The molecule has 1 unspecified atom stereocenters. The van der Waals surface area contributed by atoms with Crippen LogP contribution in [0.3, 0.4) is 0 Å². The van der Waals surface area contributed by atoms with Crippen LogP contribution in [-0.2, 0) is 9.53 Å². The lowest BCUT2D eigenvalue weighted by atomic mass is 10.1. The predicted molar refractivity (Wildman–Crippen MR) is 115 cm³/mol. The van der Waals surface area contributed by atoms with Gasteiger partial charge in [-0.2, -0.15) is 11.8 Å². The minimum atomic E-state index is -0.814. The average molecular weight is 441 g/mol. The number of rotatable bonds is 10. The molecule has 30 heavy (non-hydrogen) atoms. The molecular formula is C19H28N4O6S. The first kappa shape index (κ1) is 25.2. The SMILES string of the molecule is CSCCC(NC(=O)c1cccc([N+](=O)[O-])c1)C(=O)NCCNC(=O)OC(C)(C)C. The molecule has 0 saturated carbocycles. The van der Waals surface area contributed by atoms with E-state index in [9.17, 15) is 24.5 Å². The molecular weight excluding hydrogens is 412 g/mol. The van der Waals surface area contributed by atoms with Gasteiger partial charge in [0.05, 0.1) is 4.92 Å². The van der Waals surface area contributed by atoms with E-state index < -0.39 is 34.5 Å². The molecule has 0 aliphatic heterocycles. The molecule has 0 radical (unpaired) electrons. The van der Waals surface area contributed by atoms with Gasteiger partial charge in [0, 0.05) is 30.8 Å². The lowest BCUT2D eigenvalue weighted by Gasteiger charge is -2.20. The molecule has 0 heterocycles. The maximum atomic E-state index is 12.5. The predicted octanol–water partition coefficient (Wildman–Crippen LogP) is 2.09. The van der Waals surface area contributed by atoms with Crippen molar-refractivity contribution in [1.82, 2.24) is 16.0 Å². The van der Waals surface area contributed by atoms with E-state index in [2.05, 4.69) is 16.0 Å². The van der Waals surface area contributed by atoms with Crippen LogP contribution in [0.25, 0.3) is 0 Å². The van der Waals surface area contributed by atoms with Crippen LogP contribution in [0.1, 0.15) is 37.6 Å². The third-order valence-electron chi connectivity index (χ3n) is 3.64. The Kier molecular flexibility index (Phi) is 10.1. The number of benzene rings is 1. The minimum Gasteiger partial charge on any atom is -0.444 e. The maximum Gasteiger partial charge on any atom is 0.407 e. The van der Waals surface area contributed by atoms with Crippen molar-refractivity contribution >= 4 is 35.4 Å². The fraction of sp³-hybridized carbons (Fsp3) is 0.526. The van der Waals surface area contributed by atoms with Gasteiger partial charge in [0.1, 0.15) is 11.6 Å². The molecule has 3 amide bonds. The molecule has 11 heteroatoms. The van der Waals surface area contributed by atoms with Crippen LogP contribution in [0.4, 0.5) is 10.5 Å². The van der Waals surface area contributed by atoms with Crippen molar-refractivity contribution in [2.75, 3.05) is 25.1 Å². The van der Waals surface area contributed by atoms with Crippen LogP contribution in [0.15, 0.2) is 24.3 Å². The van der Waals surface area contributed by atoms with Gasteiger partial charge in [0.2, 0.25) is 5.91 Å². The highest BCUT2D eigenvalue weighted by molar-refractivity contribution is 7.98. The molecule has 10 nitrogen and oxygen atoms in total. The number of nitrogens with zero attached hydrogens (tertiary/aromatic N) is 1. The summed E-state index contributed by atoms with van der Waals surface area (Å²) in [5.41, 5.74) is -0.730. The molecule has 1 atom stereocenters. The summed E-state index contributed by atoms with van der Waals surface area (Å²) in [6, 6.07) is 4.48. The number of hydrogen-bond donors (Lipinski definition) is 3. The number of non-ortho nitro benzene ring substituents is 1. The molecule has 0 aromatic heterocycles. The van der Waals surface area contributed by atoms with Crippen LogP contribution in [0.2, 0.25) is 0 Å². The van der Waals surface area contributed by atoms with Crippen LogP contribution in [0.5, 0.6) is 0 Å². The molecule has 0 aliphatic rings. The van der Waals surface area contributed by atoms with Gasteiger partial charge in [-0.05, 0) is 45.3 Å². The second kappa shape index (κ2) is 12.0. The number of nitro benzene ring substituents is 1. The number of alkyl carbamates (subject to hydrolysis) is 1. The van der Waals surface area contributed by atoms with Gasteiger partial charge in [-0.25, -0.2) is 4.79 Å². The summed E-state index contributed by atoms with van der Waals surface area (Å²) in [5.74, 6) is -0.357. The molecule has 0 fully saturated rings. The largest absolute Gasteiger partial charge is 0.444 e. The molecule has 0 spiro atoms. The normalized spacial score (nSPS) is 11.9. The van der Waals surface area contributed by atoms with Gasteiger partial charge in [-0.15, -0.1) is 0 Å². The van der Waals surface area contributed by atoms with Crippen molar-refractivity contribution in [1.29, 1.82) is 0 Å². The monoisotopic (exact) mass is 440 g/mol. The second-order valence-corrected chi connectivity index (χ2v) is 8.32. The first-order valence-electron chi connectivity index (χ1n) is 9.32. The third-order valence-corrected chi connectivity index (χ3v) is 4.29. The number of carbonyl (C=O) groups excluding carboxylic acids is 3. The lowest BCUT2D eigenvalue weighted by molar-refractivity contribution is -0.384. The molecule has 1 aromatic carbocycles. The Morgan fingerprint density at radius 3 is 2.47 bits per heavy atom. The van der Waals surface area contributed by atoms with E-state index >= 15 is 0 Å². The Balaban J connectivity index is 2.62. The van der Waals surface area contributed by atoms with E-state index in [1.54, 1.807) is 20.8 Å². The Labute approximate surface area is 179 Å². The summed E-state index contributed by atoms with van der Waals surface area (Å²) in [4.78, 5) is 46.8. The fourth-order valence-corrected chi connectivity index (χ4v) is 2.77. The quantitative estimate of drug-likeness (QED) is 0.287. The molecule has 1 aromatic rings. The topological polar surface area (TPSA) is 140 Å². The summed E-state index contributed by atoms with van der Waals surface area (Å²) in [5, 5.41) is 18.7. The minimum absolute atomic E-state index is 0.0951. The number of nitrogens with one attached hydrogen (secondary N) is 3. The summed E-state index contributed by atoms with van der Waals surface area (Å²) in [7, 11) is 0. The molecule has 1 rings (SSSR count). The van der Waals surface area contributed by atoms with E-state index in [1.807, 2.05) is 6.26 Å². The van der Waals surface area contributed by atoms with Gasteiger partial charge in [0.25, 0.3) is 11.6 Å². The van der Waals surface area contributed by atoms with Crippen LogP contribution >= 0.6 is 11.8 Å². The van der Waals surface area contributed by atoms with Crippen molar-refractivity contribution < 1.29 is 24.0 Å². The Morgan fingerprint density at radius 2 is 1.87 bits per heavy atom. The van der Waals surface area contributed by atoms with Gasteiger partial charge >= 0.3 is 6.09 Å². The highest BCUT2D eigenvalue weighted by atomic mass is 32.2. The number of amides is 3. The van der Waals surface area contributed by atoms with E-state index in [1.165, 1.54) is 30.0 Å². The van der Waals surface area contributed by atoms with Crippen LogP contribution in [-0.4, -0.2) is 59.6 Å². The summed E-state index contributed by atoms with van der Waals surface area (Å²) in [6.45, 7) is 5.55. The van der Waals surface area contributed by atoms with Crippen molar-refractivity contribution in [3.8, 4) is 0 Å².